The minimum atomic E-state index is -0.603. The molecule has 0 aliphatic carbocycles. The van der Waals surface area contributed by atoms with Crippen LogP contribution in [0.4, 0.5) is 0 Å². The molecule has 2 nitrogen and oxygen atoms in total. The highest BCUT2D eigenvalue weighted by Gasteiger charge is 2.20. The Bertz CT molecular complexity index is 4690. The standard InChI is InChI=1S/C54H34N2S/c1-3-14-35(15-4-1)37-18-11-19-40(32-37)55-48-25-10-8-21-45(48)53-41(22-12-26-50(53)55)39-29-31-49-46(33-39)42-20-7-9-24-47(42)56(49)51-27-13-23-44-43-30-28-38(34-52(43)57-54(44)51)36-16-5-2-6-17-36/h1-34H/i2D,5D,7D,8D,9D,10D,12D,13D,16D,17D,20D,22D,23D,25D,26D,28D,29D,30D,31D,34D. The van der Waals surface area contributed by atoms with Gasteiger partial charge in [-0.1, -0.05) is 151 Å². The molecule has 0 radical (unpaired) electrons. The summed E-state index contributed by atoms with van der Waals surface area (Å²) in [5.74, 6) is 0. The maximum atomic E-state index is 9.93. The van der Waals surface area contributed by atoms with Crippen molar-refractivity contribution in [3.8, 4) is 44.8 Å². The Kier molecular flexibility index (Phi) is 4.04. The van der Waals surface area contributed by atoms with Crippen LogP contribution >= 0.6 is 11.3 Å². The third-order valence-corrected chi connectivity index (χ3v) is 11.4. The average molecular weight is 763 g/mol. The van der Waals surface area contributed by atoms with Crippen LogP contribution in [-0.2, 0) is 0 Å². The Morgan fingerprint density at radius 2 is 1.23 bits per heavy atom. The second-order valence-electron chi connectivity index (χ2n) is 13.3. The van der Waals surface area contributed by atoms with Crippen LogP contribution in [0, 0.1) is 0 Å². The normalized spacial score (nSPS) is 16.8. The molecule has 9 aromatic carbocycles. The number of thiophene rings is 1. The van der Waals surface area contributed by atoms with Crippen LogP contribution in [-0.4, -0.2) is 9.13 Å². The quantitative estimate of drug-likeness (QED) is 0.165. The van der Waals surface area contributed by atoms with Gasteiger partial charge in [0.05, 0.1) is 59.9 Å². The summed E-state index contributed by atoms with van der Waals surface area (Å²) in [6.45, 7) is 0. The first-order chi connectivity index (χ1) is 36.6. The van der Waals surface area contributed by atoms with Crippen LogP contribution in [0.3, 0.4) is 0 Å². The molecule has 0 aliphatic rings. The average Bonchev–Trinajstić information content (AvgIpc) is 4.31. The number of hydrogen-bond acceptors (Lipinski definition) is 1. The number of nitrogens with zero attached hydrogens (tertiary/aromatic N) is 2. The largest absolute Gasteiger partial charge is 0.309 e. The van der Waals surface area contributed by atoms with E-state index < -0.39 is 109 Å². The molecule has 3 heteroatoms. The molecule has 0 spiro atoms. The van der Waals surface area contributed by atoms with Crippen molar-refractivity contribution in [2.24, 2.45) is 0 Å². The van der Waals surface area contributed by atoms with Gasteiger partial charge in [-0.2, -0.15) is 0 Å². The van der Waals surface area contributed by atoms with Crippen molar-refractivity contribution in [1.82, 2.24) is 9.13 Å². The summed E-state index contributed by atoms with van der Waals surface area (Å²) in [6.07, 6.45) is 0. The highest BCUT2D eigenvalue weighted by molar-refractivity contribution is 7.26. The Balaban J connectivity index is 1.21. The van der Waals surface area contributed by atoms with Crippen LogP contribution in [0.2, 0.25) is 0 Å². The lowest BCUT2D eigenvalue weighted by molar-refractivity contribution is 1.18. The number of benzene rings is 9. The molecule has 12 aromatic rings. The lowest BCUT2D eigenvalue weighted by Crippen LogP contribution is -1.94. The molecule has 0 amide bonds. The summed E-state index contributed by atoms with van der Waals surface area (Å²) < 4.78 is 185. The minimum absolute atomic E-state index is 0.00792. The van der Waals surface area contributed by atoms with E-state index in [4.69, 9.17) is 13.7 Å². The van der Waals surface area contributed by atoms with Gasteiger partial charge in [-0.05, 0) is 87.9 Å². The molecule has 12 rings (SSSR count). The zero-order valence-electron chi connectivity index (χ0n) is 49.4. The number of fused-ring (bicyclic) bond motifs is 9. The first-order valence-electron chi connectivity index (χ1n) is 27.9. The Morgan fingerprint density at radius 1 is 0.404 bits per heavy atom. The molecule has 0 atom stereocenters. The molecule has 0 N–H and O–H groups in total. The molecule has 57 heavy (non-hydrogen) atoms. The van der Waals surface area contributed by atoms with Crippen molar-refractivity contribution in [1.29, 1.82) is 0 Å². The number of hydrogen-bond donors (Lipinski definition) is 0. The smallest absolute Gasteiger partial charge is 0.0645 e. The van der Waals surface area contributed by atoms with Crippen LogP contribution in [0.5, 0.6) is 0 Å². The van der Waals surface area contributed by atoms with E-state index in [9.17, 15) is 13.7 Å². The summed E-state index contributed by atoms with van der Waals surface area (Å²) in [5, 5.41) is 0.125. The predicted octanol–water partition coefficient (Wildman–Crippen LogP) is 15.2. The van der Waals surface area contributed by atoms with Crippen molar-refractivity contribution >= 4 is 75.1 Å². The van der Waals surface area contributed by atoms with Gasteiger partial charge in [0.2, 0.25) is 0 Å². The first kappa shape index (κ1) is 18.2. The Morgan fingerprint density at radius 3 is 2.19 bits per heavy atom. The lowest BCUT2D eigenvalue weighted by atomic mass is 9.98. The first-order valence-corrected chi connectivity index (χ1v) is 18.7. The summed E-state index contributed by atoms with van der Waals surface area (Å²) in [5.41, 5.74) is 1.18. The van der Waals surface area contributed by atoms with Gasteiger partial charge in [0.25, 0.3) is 0 Å². The van der Waals surface area contributed by atoms with Crippen LogP contribution in [0.25, 0.3) is 109 Å². The fraction of sp³-hybridized carbons (Fsp3) is 0. The van der Waals surface area contributed by atoms with E-state index in [0.717, 1.165) is 28.5 Å². The number of aromatic nitrogens is 2. The van der Waals surface area contributed by atoms with E-state index in [1.807, 2.05) is 42.5 Å². The second-order valence-corrected chi connectivity index (χ2v) is 14.4. The van der Waals surface area contributed by atoms with E-state index in [1.165, 1.54) is 28.8 Å². The SMILES string of the molecule is [2H]c1cc([2H])c(-c2c([2H])c([2H])c3c(sc4c(-n5c6cc([2H])c([2H])c([2H])c6c6cc(-c7c([2H])c([2H])c([2H])c8c7c7cc([2H])c([2H])c([2H])c7n8-c7cccc(-c8ccccc8)c7)c([2H])c([2H])c65)cc([2H])c([2H])c43)c2[2H])c([2H])c1[2H]. The van der Waals surface area contributed by atoms with Crippen LogP contribution in [0.1, 0.15) is 27.4 Å². The highest BCUT2D eigenvalue weighted by Crippen LogP contribution is 2.44. The van der Waals surface area contributed by atoms with Gasteiger partial charge >= 0.3 is 0 Å². The topological polar surface area (TPSA) is 9.86 Å². The van der Waals surface area contributed by atoms with Gasteiger partial charge in [-0.3, -0.25) is 0 Å². The van der Waals surface area contributed by atoms with E-state index in [-0.39, 0.29) is 104 Å². The predicted molar refractivity (Wildman–Crippen MR) is 244 cm³/mol. The molecule has 0 bridgehead atoms. The number of para-hydroxylation sites is 2. The minimum Gasteiger partial charge on any atom is -0.309 e. The van der Waals surface area contributed by atoms with Gasteiger partial charge in [0, 0.05) is 42.7 Å². The lowest BCUT2D eigenvalue weighted by Gasteiger charge is -2.11. The zero-order chi connectivity index (χ0) is 54.9. The van der Waals surface area contributed by atoms with Gasteiger partial charge in [-0.25, -0.2) is 0 Å². The van der Waals surface area contributed by atoms with Gasteiger partial charge in [-0.15, -0.1) is 11.3 Å². The third-order valence-electron chi connectivity index (χ3n) is 10.2. The summed E-state index contributed by atoms with van der Waals surface area (Å²) >= 11 is 0.866. The zero-order valence-corrected chi connectivity index (χ0v) is 30.2. The fourth-order valence-corrected chi connectivity index (χ4v) is 8.87. The van der Waals surface area contributed by atoms with Crippen LogP contribution in [0.15, 0.2) is 206 Å². The fourth-order valence-electron chi connectivity index (χ4n) is 7.75. The molecule has 0 unspecified atom stereocenters. The monoisotopic (exact) mass is 762 g/mol. The Labute approximate surface area is 361 Å². The molecule has 3 aromatic heterocycles. The molecule has 0 aliphatic heterocycles. The van der Waals surface area contributed by atoms with Gasteiger partial charge in [0.1, 0.15) is 0 Å². The van der Waals surface area contributed by atoms with E-state index in [0.29, 0.717) is 5.69 Å². The van der Waals surface area contributed by atoms with E-state index in [1.54, 1.807) is 16.7 Å². The molecule has 0 saturated heterocycles. The van der Waals surface area contributed by atoms with E-state index >= 15 is 0 Å². The maximum Gasteiger partial charge on any atom is 0.0645 e. The molecular weight excluding hydrogens is 709 g/mol. The van der Waals surface area contributed by atoms with E-state index in [2.05, 4.69) is 0 Å². The highest BCUT2D eigenvalue weighted by atomic mass is 32.1. The van der Waals surface area contributed by atoms with Crippen molar-refractivity contribution in [2.45, 2.75) is 0 Å². The Hall–Kier alpha value is -7.20. The summed E-state index contributed by atoms with van der Waals surface area (Å²) in [4.78, 5) is 0. The number of rotatable bonds is 5. The molecule has 0 saturated carbocycles. The summed E-state index contributed by atoms with van der Waals surface area (Å²) in [6, 6.07) is 13.4. The molecule has 0 fully saturated rings. The van der Waals surface area contributed by atoms with Crippen molar-refractivity contribution in [3.05, 3.63) is 206 Å². The van der Waals surface area contributed by atoms with Crippen molar-refractivity contribution in [2.75, 3.05) is 0 Å². The summed E-state index contributed by atoms with van der Waals surface area (Å²) in [7, 11) is 0. The van der Waals surface area contributed by atoms with Gasteiger partial charge < -0.3 is 9.13 Å². The van der Waals surface area contributed by atoms with Crippen molar-refractivity contribution < 1.29 is 27.4 Å². The maximum absolute atomic E-state index is 9.93. The molecule has 3 heterocycles. The third kappa shape index (κ3) is 4.96. The van der Waals surface area contributed by atoms with Gasteiger partial charge in [0.15, 0.2) is 0 Å². The van der Waals surface area contributed by atoms with Crippen molar-refractivity contribution in [3.63, 3.8) is 0 Å². The second kappa shape index (κ2) is 12.7. The van der Waals surface area contributed by atoms with Crippen LogP contribution < -0.4 is 0 Å². The molecule has 266 valence electrons. The molecular formula is C54H34N2S.